The summed E-state index contributed by atoms with van der Waals surface area (Å²) in [5.74, 6) is 0.528. The molecule has 0 aliphatic carbocycles. The maximum absolute atomic E-state index is 12.4. The zero-order chi connectivity index (χ0) is 18.4. The van der Waals surface area contributed by atoms with Crippen LogP contribution >= 0.6 is 0 Å². The first-order valence-corrected chi connectivity index (χ1v) is 8.21. The molecule has 26 heavy (non-hydrogen) atoms. The summed E-state index contributed by atoms with van der Waals surface area (Å²) in [6.07, 6.45) is 3.61. The highest BCUT2D eigenvalue weighted by Crippen LogP contribution is 2.12. The first kappa shape index (κ1) is 17.4. The highest BCUT2D eigenvalue weighted by atomic mass is 16.5. The monoisotopic (exact) mass is 348 g/mol. The van der Waals surface area contributed by atoms with Gasteiger partial charge in [0.05, 0.1) is 19.4 Å². The molecule has 0 aliphatic rings. The Labute approximate surface area is 152 Å². The minimum absolute atomic E-state index is 0.250. The topological polar surface area (TPSA) is 68.5 Å². The predicted molar refractivity (Wildman–Crippen MR) is 100 cm³/mol. The number of hydrazone groups is 1. The third kappa shape index (κ3) is 4.36. The minimum Gasteiger partial charge on any atom is -0.497 e. The quantitative estimate of drug-likeness (QED) is 0.550. The van der Waals surface area contributed by atoms with Crippen LogP contribution in [0.25, 0.3) is 0 Å². The Balaban J connectivity index is 1.67. The molecule has 0 aliphatic heterocycles. The molecule has 6 heteroatoms. The van der Waals surface area contributed by atoms with Crippen LogP contribution in [0, 0.1) is 0 Å². The lowest BCUT2D eigenvalue weighted by atomic mass is 10.1. The van der Waals surface area contributed by atoms with Gasteiger partial charge in [0.2, 0.25) is 0 Å². The van der Waals surface area contributed by atoms with Crippen LogP contribution in [-0.2, 0) is 6.54 Å². The lowest BCUT2D eigenvalue weighted by Gasteiger charge is -2.06. The molecule has 1 amide bonds. The smallest absolute Gasteiger partial charge is 0.271 e. The summed E-state index contributed by atoms with van der Waals surface area (Å²) in [4.78, 5) is 12.4. The maximum Gasteiger partial charge on any atom is 0.271 e. The molecule has 1 N–H and O–H groups in total. The van der Waals surface area contributed by atoms with Gasteiger partial charge in [0.1, 0.15) is 5.75 Å². The van der Waals surface area contributed by atoms with Gasteiger partial charge in [-0.15, -0.1) is 0 Å². The summed E-state index contributed by atoms with van der Waals surface area (Å²) in [6, 6.07) is 16.8. The maximum atomic E-state index is 12.4. The second-order valence-corrected chi connectivity index (χ2v) is 5.77. The zero-order valence-corrected chi connectivity index (χ0v) is 14.7. The molecule has 132 valence electrons. The van der Waals surface area contributed by atoms with Gasteiger partial charge >= 0.3 is 0 Å². The lowest BCUT2D eigenvalue weighted by molar-refractivity contribution is 0.0954. The lowest BCUT2D eigenvalue weighted by Crippen LogP contribution is -2.19. The van der Waals surface area contributed by atoms with Crippen molar-refractivity contribution in [1.29, 1.82) is 0 Å². The third-order valence-corrected chi connectivity index (χ3v) is 3.93. The molecular weight excluding hydrogens is 328 g/mol. The average molecular weight is 348 g/mol. The summed E-state index contributed by atoms with van der Waals surface area (Å²) in [5.41, 5.74) is 5.79. The number of benzene rings is 2. The van der Waals surface area contributed by atoms with E-state index in [4.69, 9.17) is 4.74 Å². The normalized spacial score (nSPS) is 11.2. The molecule has 0 bridgehead atoms. The Kier molecular flexibility index (Phi) is 5.43. The van der Waals surface area contributed by atoms with Crippen LogP contribution in [-0.4, -0.2) is 28.5 Å². The SMILES string of the molecule is COc1ccc(/C(C)=N\NC(=O)c2cccc(Cn3cccn3)c2)cc1. The molecule has 0 saturated heterocycles. The zero-order valence-electron chi connectivity index (χ0n) is 14.7. The average Bonchev–Trinajstić information content (AvgIpc) is 3.19. The fraction of sp³-hybridized carbons (Fsp3) is 0.150. The van der Waals surface area contributed by atoms with Gasteiger partial charge in [-0.3, -0.25) is 9.48 Å². The Bertz CT molecular complexity index is 900. The minimum atomic E-state index is -0.250. The van der Waals surface area contributed by atoms with Crippen LogP contribution < -0.4 is 10.2 Å². The first-order chi connectivity index (χ1) is 12.7. The number of ether oxygens (including phenoxy) is 1. The van der Waals surface area contributed by atoms with Crippen molar-refractivity contribution in [1.82, 2.24) is 15.2 Å². The van der Waals surface area contributed by atoms with Crippen molar-refractivity contribution in [3.8, 4) is 5.75 Å². The molecule has 2 aromatic carbocycles. The molecule has 0 saturated carbocycles. The van der Waals surface area contributed by atoms with Gasteiger partial charge in [-0.05, 0) is 60.5 Å². The molecule has 0 fully saturated rings. The summed E-state index contributed by atoms with van der Waals surface area (Å²) in [7, 11) is 1.62. The van der Waals surface area contributed by atoms with Crippen molar-refractivity contribution in [2.24, 2.45) is 5.10 Å². The van der Waals surface area contributed by atoms with E-state index < -0.39 is 0 Å². The fourth-order valence-electron chi connectivity index (χ4n) is 2.49. The number of hydrogen-bond donors (Lipinski definition) is 1. The van der Waals surface area contributed by atoms with Gasteiger partial charge in [-0.2, -0.15) is 10.2 Å². The van der Waals surface area contributed by atoms with Gasteiger partial charge in [0.25, 0.3) is 5.91 Å². The van der Waals surface area contributed by atoms with Gasteiger partial charge in [-0.1, -0.05) is 12.1 Å². The molecule has 3 aromatic rings. The molecule has 1 aromatic heterocycles. The van der Waals surface area contributed by atoms with Crippen molar-refractivity contribution < 1.29 is 9.53 Å². The second kappa shape index (κ2) is 8.11. The number of carbonyl (C=O) groups excluding carboxylic acids is 1. The number of aromatic nitrogens is 2. The van der Waals surface area contributed by atoms with E-state index in [0.717, 1.165) is 16.9 Å². The molecule has 1 heterocycles. The number of nitrogens with zero attached hydrogens (tertiary/aromatic N) is 3. The van der Waals surface area contributed by atoms with Crippen LogP contribution in [0.4, 0.5) is 0 Å². The van der Waals surface area contributed by atoms with Crippen LogP contribution in [0.1, 0.15) is 28.4 Å². The van der Waals surface area contributed by atoms with Crippen LogP contribution in [0.15, 0.2) is 72.1 Å². The molecule has 0 unspecified atom stereocenters. The van der Waals surface area contributed by atoms with E-state index in [2.05, 4.69) is 15.6 Å². The predicted octanol–water partition coefficient (Wildman–Crippen LogP) is 3.09. The van der Waals surface area contributed by atoms with Gasteiger partial charge in [-0.25, -0.2) is 5.43 Å². The second-order valence-electron chi connectivity index (χ2n) is 5.77. The summed E-state index contributed by atoms with van der Waals surface area (Å²) in [6.45, 7) is 2.46. The molecule has 3 rings (SSSR count). The van der Waals surface area contributed by atoms with Crippen molar-refractivity contribution in [3.05, 3.63) is 83.7 Å². The number of hydrogen-bond acceptors (Lipinski definition) is 4. The van der Waals surface area contributed by atoms with Crippen molar-refractivity contribution in [2.45, 2.75) is 13.5 Å². The van der Waals surface area contributed by atoms with Gasteiger partial charge in [0.15, 0.2) is 0 Å². The molecule has 6 nitrogen and oxygen atoms in total. The summed E-state index contributed by atoms with van der Waals surface area (Å²) >= 11 is 0. The van der Waals surface area contributed by atoms with E-state index in [0.29, 0.717) is 17.8 Å². The Morgan fingerprint density at radius 2 is 1.96 bits per heavy atom. The van der Waals surface area contributed by atoms with Crippen molar-refractivity contribution in [3.63, 3.8) is 0 Å². The summed E-state index contributed by atoms with van der Waals surface area (Å²) in [5, 5.41) is 8.37. The van der Waals surface area contributed by atoms with Crippen LogP contribution in [0.5, 0.6) is 5.75 Å². The Hall–Kier alpha value is -3.41. The number of carbonyl (C=O) groups is 1. The van der Waals surface area contributed by atoms with E-state index in [1.54, 1.807) is 19.4 Å². The number of amides is 1. The third-order valence-electron chi connectivity index (χ3n) is 3.93. The Morgan fingerprint density at radius 3 is 2.65 bits per heavy atom. The molecule has 0 spiro atoms. The van der Waals surface area contributed by atoms with E-state index in [9.17, 15) is 4.79 Å². The standard InChI is InChI=1S/C20H20N4O2/c1-15(17-7-9-19(26-2)10-8-17)22-23-20(25)18-6-3-5-16(13-18)14-24-12-4-11-21-24/h3-13H,14H2,1-2H3,(H,23,25)/b22-15-. The number of methoxy groups -OCH3 is 1. The number of rotatable bonds is 6. The largest absolute Gasteiger partial charge is 0.497 e. The van der Waals surface area contributed by atoms with E-state index in [-0.39, 0.29) is 5.91 Å². The van der Waals surface area contributed by atoms with E-state index in [1.807, 2.05) is 66.3 Å². The highest BCUT2D eigenvalue weighted by molar-refractivity contribution is 6.00. The van der Waals surface area contributed by atoms with Crippen molar-refractivity contribution >= 4 is 11.6 Å². The summed E-state index contributed by atoms with van der Waals surface area (Å²) < 4.78 is 6.95. The van der Waals surface area contributed by atoms with Gasteiger partial charge in [0, 0.05) is 18.0 Å². The first-order valence-electron chi connectivity index (χ1n) is 8.21. The molecule has 0 radical (unpaired) electrons. The van der Waals surface area contributed by atoms with E-state index >= 15 is 0 Å². The molecular formula is C20H20N4O2. The van der Waals surface area contributed by atoms with Crippen LogP contribution in [0.2, 0.25) is 0 Å². The van der Waals surface area contributed by atoms with Crippen LogP contribution in [0.3, 0.4) is 0 Å². The number of nitrogens with one attached hydrogen (secondary N) is 1. The van der Waals surface area contributed by atoms with Crippen molar-refractivity contribution in [2.75, 3.05) is 7.11 Å². The van der Waals surface area contributed by atoms with Gasteiger partial charge < -0.3 is 4.74 Å². The highest BCUT2D eigenvalue weighted by Gasteiger charge is 2.07. The Morgan fingerprint density at radius 1 is 1.15 bits per heavy atom. The fourth-order valence-corrected chi connectivity index (χ4v) is 2.49. The molecule has 0 atom stereocenters. The van der Waals surface area contributed by atoms with E-state index in [1.165, 1.54) is 0 Å².